The van der Waals surface area contributed by atoms with Gasteiger partial charge in [0.25, 0.3) is 0 Å². The fourth-order valence-corrected chi connectivity index (χ4v) is 2.66. The van der Waals surface area contributed by atoms with E-state index in [0.29, 0.717) is 12.2 Å². The third kappa shape index (κ3) is 2.15. The third-order valence-corrected chi connectivity index (χ3v) is 3.61. The Balaban J connectivity index is 1.75. The minimum Gasteiger partial charge on any atom is -0.387 e. The Hall–Kier alpha value is -1.13. The molecule has 2 saturated heterocycles. The molecule has 0 spiro atoms. The summed E-state index contributed by atoms with van der Waals surface area (Å²) >= 11 is 0. The van der Waals surface area contributed by atoms with Crippen molar-refractivity contribution in [1.82, 2.24) is 4.98 Å². The van der Waals surface area contributed by atoms with Gasteiger partial charge >= 0.3 is 0 Å². The summed E-state index contributed by atoms with van der Waals surface area (Å²) in [6.07, 6.45) is 4.51. The lowest BCUT2D eigenvalue weighted by atomic mass is 10.2. The lowest BCUT2D eigenvalue weighted by molar-refractivity contribution is 0.0304. The summed E-state index contributed by atoms with van der Waals surface area (Å²) in [6, 6.07) is 3.94. The van der Waals surface area contributed by atoms with Crippen LogP contribution in [0.2, 0.25) is 0 Å². The first kappa shape index (κ1) is 11.0. The zero-order chi connectivity index (χ0) is 11.8. The van der Waals surface area contributed by atoms with Crippen molar-refractivity contribution in [3.8, 4) is 0 Å². The largest absolute Gasteiger partial charge is 0.387 e. The number of pyridine rings is 1. The fraction of sp³-hybridized carbons (Fsp3) is 0.615. The minimum atomic E-state index is -0.495. The van der Waals surface area contributed by atoms with Crippen molar-refractivity contribution in [2.75, 3.05) is 18.0 Å². The smallest absolute Gasteiger partial charge is 0.0931 e. The minimum absolute atomic E-state index is 0.394. The number of aromatic nitrogens is 1. The SMILES string of the molecule is C[C@@H](O)c1ccc(N2CC3CCC(C2)O3)cn1. The summed E-state index contributed by atoms with van der Waals surface area (Å²) in [5, 5.41) is 9.42. The van der Waals surface area contributed by atoms with E-state index in [9.17, 15) is 5.11 Å². The van der Waals surface area contributed by atoms with E-state index in [1.807, 2.05) is 18.3 Å². The normalized spacial score (nSPS) is 29.4. The van der Waals surface area contributed by atoms with Crippen LogP contribution in [0, 0.1) is 0 Å². The quantitative estimate of drug-likeness (QED) is 0.842. The first-order valence-corrected chi connectivity index (χ1v) is 6.27. The second kappa shape index (κ2) is 4.27. The van der Waals surface area contributed by atoms with Gasteiger partial charge in [0.1, 0.15) is 0 Å². The lowest BCUT2D eigenvalue weighted by Crippen LogP contribution is -2.42. The van der Waals surface area contributed by atoms with Gasteiger partial charge in [0, 0.05) is 13.1 Å². The maximum Gasteiger partial charge on any atom is 0.0931 e. The van der Waals surface area contributed by atoms with E-state index in [-0.39, 0.29) is 0 Å². The molecule has 4 heteroatoms. The summed E-state index contributed by atoms with van der Waals surface area (Å²) in [7, 11) is 0. The third-order valence-electron chi connectivity index (χ3n) is 3.61. The number of anilines is 1. The highest BCUT2D eigenvalue weighted by Gasteiger charge is 2.33. The van der Waals surface area contributed by atoms with Crippen LogP contribution in [-0.2, 0) is 4.74 Å². The van der Waals surface area contributed by atoms with Gasteiger partial charge < -0.3 is 14.7 Å². The predicted molar refractivity (Wildman–Crippen MR) is 65.0 cm³/mol. The number of hydrogen-bond acceptors (Lipinski definition) is 4. The molecule has 0 aliphatic carbocycles. The Labute approximate surface area is 101 Å². The number of aliphatic hydroxyl groups is 1. The molecule has 3 heterocycles. The Morgan fingerprint density at radius 1 is 1.35 bits per heavy atom. The maximum atomic E-state index is 9.42. The highest BCUT2D eigenvalue weighted by Crippen LogP contribution is 2.29. The van der Waals surface area contributed by atoms with Gasteiger partial charge in [-0.3, -0.25) is 4.98 Å². The van der Waals surface area contributed by atoms with Crippen LogP contribution in [0.1, 0.15) is 31.6 Å². The second-order valence-electron chi connectivity index (χ2n) is 4.98. The molecule has 3 rings (SSSR count). The number of nitrogens with zero attached hydrogens (tertiary/aromatic N) is 2. The first-order chi connectivity index (χ1) is 8.22. The van der Waals surface area contributed by atoms with Crippen LogP contribution in [0.15, 0.2) is 18.3 Å². The van der Waals surface area contributed by atoms with Crippen LogP contribution in [0.25, 0.3) is 0 Å². The number of ether oxygens (including phenoxy) is 1. The topological polar surface area (TPSA) is 45.6 Å². The maximum absolute atomic E-state index is 9.42. The summed E-state index contributed by atoms with van der Waals surface area (Å²) in [6.45, 7) is 3.66. The molecule has 2 bridgehead atoms. The van der Waals surface area contributed by atoms with Crippen molar-refractivity contribution in [3.63, 3.8) is 0 Å². The van der Waals surface area contributed by atoms with Gasteiger partial charge in [0.05, 0.1) is 35.9 Å². The molecule has 3 atom stereocenters. The first-order valence-electron chi connectivity index (χ1n) is 6.27. The molecule has 1 N–H and O–H groups in total. The molecule has 0 radical (unpaired) electrons. The number of morpholine rings is 1. The Bertz CT molecular complexity index is 379. The molecule has 2 aliphatic rings. The van der Waals surface area contributed by atoms with Gasteiger partial charge in [0.2, 0.25) is 0 Å². The van der Waals surface area contributed by atoms with Gasteiger partial charge in [-0.2, -0.15) is 0 Å². The van der Waals surface area contributed by atoms with E-state index in [0.717, 1.165) is 24.5 Å². The average Bonchev–Trinajstić information content (AvgIpc) is 2.68. The molecule has 4 nitrogen and oxygen atoms in total. The van der Waals surface area contributed by atoms with E-state index >= 15 is 0 Å². The Kier molecular flexibility index (Phi) is 2.76. The van der Waals surface area contributed by atoms with Crippen molar-refractivity contribution < 1.29 is 9.84 Å². The molecule has 0 saturated carbocycles. The molecular formula is C13H18N2O2. The summed E-state index contributed by atoms with van der Waals surface area (Å²) in [5.74, 6) is 0. The van der Waals surface area contributed by atoms with Gasteiger partial charge in [-0.05, 0) is 31.9 Å². The van der Waals surface area contributed by atoms with Crippen molar-refractivity contribution in [1.29, 1.82) is 0 Å². The monoisotopic (exact) mass is 234 g/mol. The lowest BCUT2D eigenvalue weighted by Gasteiger charge is -2.33. The molecule has 17 heavy (non-hydrogen) atoms. The number of aliphatic hydroxyl groups excluding tert-OH is 1. The number of hydrogen-bond donors (Lipinski definition) is 1. The molecule has 0 aromatic carbocycles. The molecule has 1 aromatic rings. The van der Waals surface area contributed by atoms with Gasteiger partial charge in [-0.25, -0.2) is 0 Å². The van der Waals surface area contributed by atoms with Gasteiger partial charge in [-0.1, -0.05) is 0 Å². The molecule has 92 valence electrons. The van der Waals surface area contributed by atoms with E-state index in [1.165, 1.54) is 12.8 Å². The molecule has 2 unspecified atom stereocenters. The van der Waals surface area contributed by atoms with Crippen LogP contribution < -0.4 is 4.90 Å². The van der Waals surface area contributed by atoms with E-state index in [1.54, 1.807) is 6.92 Å². The standard InChI is InChI=1S/C13H18N2O2/c1-9(16)13-5-2-10(6-14-13)15-7-11-3-4-12(8-15)17-11/h2,5-6,9,11-12,16H,3-4,7-8H2,1H3/t9-,11?,12?/m1/s1. The number of rotatable bonds is 2. The van der Waals surface area contributed by atoms with Crippen molar-refractivity contribution in [3.05, 3.63) is 24.0 Å². The summed E-state index contributed by atoms with van der Waals surface area (Å²) < 4.78 is 5.81. The van der Waals surface area contributed by atoms with Crippen molar-refractivity contribution in [2.24, 2.45) is 0 Å². The average molecular weight is 234 g/mol. The molecule has 1 aromatic heterocycles. The Morgan fingerprint density at radius 2 is 2.06 bits per heavy atom. The molecule has 0 amide bonds. The highest BCUT2D eigenvalue weighted by atomic mass is 16.5. The zero-order valence-corrected chi connectivity index (χ0v) is 10.0. The van der Waals surface area contributed by atoms with Crippen LogP contribution in [0.5, 0.6) is 0 Å². The highest BCUT2D eigenvalue weighted by molar-refractivity contribution is 5.45. The summed E-state index contributed by atoms with van der Waals surface area (Å²) in [4.78, 5) is 6.63. The van der Waals surface area contributed by atoms with Crippen LogP contribution >= 0.6 is 0 Å². The predicted octanol–water partition coefficient (Wildman–Crippen LogP) is 1.50. The van der Waals surface area contributed by atoms with E-state index < -0.39 is 6.10 Å². The Morgan fingerprint density at radius 3 is 2.59 bits per heavy atom. The molecular weight excluding hydrogens is 216 g/mol. The van der Waals surface area contributed by atoms with Gasteiger partial charge in [-0.15, -0.1) is 0 Å². The van der Waals surface area contributed by atoms with Crippen LogP contribution in [0.3, 0.4) is 0 Å². The van der Waals surface area contributed by atoms with Gasteiger partial charge in [0.15, 0.2) is 0 Å². The van der Waals surface area contributed by atoms with Crippen molar-refractivity contribution in [2.45, 2.75) is 38.1 Å². The summed E-state index contributed by atoms with van der Waals surface area (Å²) in [5.41, 5.74) is 1.86. The number of fused-ring (bicyclic) bond motifs is 2. The van der Waals surface area contributed by atoms with E-state index in [4.69, 9.17) is 4.74 Å². The van der Waals surface area contributed by atoms with Crippen LogP contribution in [0.4, 0.5) is 5.69 Å². The fourth-order valence-electron chi connectivity index (χ4n) is 2.66. The zero-order valence-electron chi connectivity index (χ0n) is 10.0. The van der Waals surface area contributed by atoms with Crippen molar-refractivity contribution >= 4 is 5.69 Å². The molecule has 2 fully saturated rings. The van der Waals surface area contributed by atoms with Crippen LogP contribution in [-0.4, -0.2) is 35.4 Å². The second-order valence-corrected chi connectivity index (χ2v) is 4.98. The van der Waals surface area contributed by atoms with E-state index in [2.05, 4.69) is 9.88 Å². The molecule has 2 aliphatic heterocycles.